The highest BCUT2D eigenvalue weighted by Gasteiger charge is 2.52. The quantitative estimate of drug-likeness (QED) is 0.196. The Morgan fingerprint density at radius 1 is 0.769 bits per heavy atom. The molecule has 1 aliphatic carbocycles. The van der Waals surface area contributed by atoms with Gasteiger partial charge in [-0.25, -0.2) is 0 Å². The molecule has 0 aliphatic heterocycles. The summed E-state index contributed by atoms with van der Waals surface area (Å²) in [6.07, 6.45) is 2.47. The summed E-state index contributed by atoms with van der Waals surface area (Å²) in [4.78, 5) is 12.4. The van der Waals surface area contributed by atoms with E-state index in [0.29, 0.717) is 6.61 Å². The number of aryl methyl sites for hydroxylation is 1. The summed E-state index contributed by atoms with van der Waals surface area (Å²) in [6, 6.07) is 35.8. The molecule has 0 unspecified atom stereocenters. The lowest BCUT2D eigenvalue weighted by molar-refractivity contribution is -0.146. The fourth-order valence-corrected chi connectivity index (χ4v) is 5.27. The van der Waals surface area contributed by atoms with Crippen molar-refractivity contribution in [3.63, 3.8) is 0 Å². The van der Waals surface area contributed by atoms with Crippen LogP contribution in [0.2, 0.25) is 0 Å². The Bertz CT molecular complexity index is 1580. The summed E-state index contributed by atoms with van der Waals surface area (Å²) in [5.74, 6) is 0.707. The maximum Gasteiger partial charge on any atom is 0.316 e. The van der Waals surface area contributed by atoms with Crippen molar-refractivity contribution in [1.82, 2.24) is 5.16 Å². The van der Waals surface area contributed by atoms with Gasteiger partial charge in [0.25, 0.3) is 0 Å². The first kappa shape index (κ1) is 24.9. The second-order valence-electron chi connectivity index (χ2n) is 10.3. The number of carbonyl (C=O) groups is 1. The van der Waals surface area contributed by atoms with Crippen LogP contribution in [0.1, 0.15) is 42.1 Å². The molecule has 1 heterocycles. The minimum atomic E-state index is -0.444. The number of hydrogen-bond acceptors (Lipinski definition) is 4. The zero-order valence-electron chi connectivity index (χ0n) is 22.3. The summed E-state index contributed by atoms with van der Waals surface area (Å²) < 4.78 is 11.1. The maximum atomic E-state index is 12.4. The lowest BCUT2D eigenvalue weighted by Crippen LogP contribution is -2.23. The van der Waals surface area contributed by atoms with E-state index in [2.05, 4.69) is 102 Å². The van der Waals surface area contributed by atoms with Crippen LogP contribution < -0.4 is 0 Å². The lowest BCUT2D eigenvalue weighted by atomic mass is 9.93. The predicted octanol–water partition coefficient (Wildman–Crippen LogP) is 8.17. The average Bonchev–Trinajstić information content (AvgIpc) is 3.73. The van der Waals surface area contributed by atoms with E-state index >= 15 is 0 Å². The molecule has 4 heteroatoms. The highest BCUT2D eigenvalue weighted by Crippen LogP contribution is 2.49. The minimum Gasteiger partial charge on any atom is -0.465 e. The topological polar surface area (TPSA) is 52.3 Å². The lowest BCUT2D eigenvalue weighted by Gasteiger charge is -2.14. The molecule has 0 bridgehead atoms. The van der Waals surface area contributed by atoms with Crippen molar-refractivity contribution in [3.8, 4) is 33.6 Å². The van der Waals surface area contributed by atoms with Gasteiger partial charge in [0, 0.05) is 17.5 Å². The fraction of sp³-hybridized carbons (Fsp3) is 0.200. The Hall–Kier alpha value is -4.44. The van der Waals surface area contributed by atoms with Crippen LogP contribution in [0.25, 0.3) is 33.6 Å². The van der Waals surface area contributed by atoms with Crippen LogP contribution in [0.5, 0.6) is 0 Å². The van der Waals surface area contributed by atoms with Crippen LogP contribution in [0, 0.1) is 6.92 Å². The van der Waals surface area contributed by atoms with Gasteiger partial charge in [-0.05, 0) is 60.1 Å². The van der Waals surface area contributed by atoms with Crippen LogP contribution in [0.4, 0.5) is 0 Å². The molecule has 4 aromatic carbocycles. The standard InChI is InChI=1S/C35H31NO3/c1-3-38-34(37)35(21-22-35)31-19-17-29(18-20-31)28-13-15-30(16-14-28)33-32(24(2)36-39-33)23-25-9-11-27(12-10-25)26-7-5-4-6-8-26/h4-20H,3,21-23H2,1-2H3. The van der Waals surface area contributed by atoms with Crippen molar-refractivity contribution in [2.75, 3.05) is 6.61 Å². The van der Waals surface area contributed by atoms with Crippen LogP contribution in [0.3, 0.4) is 0 Å². The summed E-state index contributed by atoms with van der Waals surface area (Å²) in [7, 11) is 0. The molecular weight excluding hydrogens is 482 g/mol. The molecule has 0 saturated heterocycles. The zero-order valence-corrected chi connectivity index (χ0v) is 22.3. The molecule has 1 saturated carbocycles. The summed E-state index contributed by atoms with van der Waals surface area (Å²) in [5, 5.41) is 4.29. The molecule has 1 aromatic heterocycles. The first-order chi connectivity index (χ1) is 19.1. The number of benzene rings is 4. The zero-order chi connectivity index (χ0) is 26.8. The van der Waals surface area contributed by atoms with Gasteiger partial charge in [-0.1, -0.05) is 108 Å². The molecule has 194 valence electrons. The third kappa shape index (κ3) is 4.90. The summed E-state index contributed by atoms with van der Waals surface area (Å²) >= 11 is 0. The van der Waals surface area contributed by atoms with Gasteiger partial charge in [0.2, 0.25) is 0 Å². The maximum absolute atomic E-state index is 12.4. The second kappa shape index (κ2) is 10.4. The van der Waals surface area contributed by atoms with Gasteiger partial charge < -0.3 is 9.26 Å². The van der Waals surface area contributed by atoms with E-state index in [1.807, 2.05) is 19.9 Å². The molecule has 6 rings (SSSR count). The number of hydrogen-bond donors (Lipinski definition) is 0. The molecule has 0 N–H and O–H groups in total. The van der Waals surface area contributed by atoms with Crippen molar-refractivity contribution in [1.29, 1.82) is 0 Å². The predicted molar refractivity (Wildman–Crippen MR) is 154 cm³/mol. The number of nitrogens with zero attached hydrogens (tertiary/aromatic N) is 1. The molecule has 1 fully saturated rings. The van der Waals surface area contributed by atoms with Gasteiger partial charge >= 0.3 is 5.97 Å². The van der Waals surface area contributed by atoms with Crippen molar-refractivity contribution < 1.29 is 14.1 Å². The molecule has 0 amide bonds. The number of esters is 1. The molecular formula is C35H31NO3. The van der Waals surface area contributed by atoms with Crippen LogP contribution in [0.15, 0.2) is 108 Å². The second-order valence-corrected chi connectivity index (χ2v) is 10.3. The highest BCUT2D eigenvalue weighted by atomic mass is 16.5. The third-order valence-electron chi connectivity index (χ3n) is 7.76. The van der Waals surface area contributed by atoms with E-state index in [1.54, 1.807) is 0 Å². The van der Waals surface area contributed by atoms with E-state index in [4.69, 9.17) is 9.26 Å². The van der Waals surface area contributed by atoms with Gasteiger partial charge in [-0.2, -0.15) is 0 Å². The van der Waals surface area contributed by atoms with Gasteiger partial charge in [0.15, 0.2) is 5.76 Å². The van der Waals surface area contributed by atoms with E-state index in [0.717, 1.165) is 58.5 Å². The Morgan fingerprint density at radius 3 is 1.90 bits per heavy atom. The van der Waals surface area contributed by atoms with Crippen molar-refractivity contribution in [2.45, 2.75) is 38.5 Å². The Kier molecular flexibility index (Phi) is 6.62. The third-order valence-corrected chi connectivity index (χ3v) is 7.76. The van der Waals surface area contributed by atoms with Crippen molar-refractivity contribution >= 4 is 5.97 Å². The number of ether oxygens (including phenoxy) is 1. The normalized spacial score (nSPS) is 13.7. The van der Waals surface area contributed by atoms with E-state index in [1.165, 1.54) is 16.7 Å². The van der Waals surface area contributed by atoms with Gasteiger partial charge in [0.1, 0.15) is 0 Å². The first-order valence-electron chi connectivity index (χ1n) is 13.6. The molecule has 4 nitrogen and oxygen atoms in total. The molecule has 1 aliphatic rings. The van der Waals surface area contributed by atoms with E-state index < -0.39 is 5.41 Å². The number of carbonyl (C=O) groups excluding carboxylic acids is 1. The van der Waals surface area contributed by atoms with Crippen molar-refractivity contribution in [2.24, 2.45) is 0 Å². The van der Waals surface area contributed by atoms with Gasteiger partial charge in [-0.3, -0.25) is 4.79 Å². The Labute approximate surface area is 229 Å². The monoisotopic (exact) mass is 513 g/mol. The molecule has 0 radical (unpaired) electrons. The SMILES string of the molecule is CCOC(=O)C1(c2ccc(-c3ccc(-c4onc(C)c4Cc4ccc(-c5ccccc5)cc4)cc3)cc2)CC1. The summed E-state index contributed by atoms with van der Waals surface area (Å²) in [5.41, 5.74) is 9.48. The van der Waals surface area contributed by atoms with Crippen molar-refractivity contribution in [3.05, 3.63) is 126 Å². The largest absolute Gasteiger partial charge is 0.465 e. The highest BCUT2D eigenvalue weighted by molar-refractivity contribution is 5.87. The smallest absolute Gasteiger partial charge is 0.316 e. The molecule has 39 heavy (non-hydrogen) atoms. The summed E-state index contributed by atoms with van der Waals surface area (Å²) in [6.45, 7) is 4.27. The molecule has 0 atom stereocenters. The van der Waals surface area contributed by atoms with E-state index in [9.17, 15) is 4.79 Å². The van der Waals surface area contributed by atoms with Crippen LogP contribution >= 0.6 is 0 Å². The Morgan fingerprint density at radius 2 is 1.31 bits per heavy atom. The van der Waals surface area contributed by atoms with Gasteiger partial charge in [0.05, 0.1) is 17.7 Å². The number of aromatic nitrogens is 1. The Balaban J connectivity index is 1.19. The van der Waals surface area contributed by atoms with Gasteiger partial charge in [-0.15, -0.1) is 0 Å². The molecule has 5 aromatic rings. The first-order valence-corrected chi connectivity index (χ1v) is 13.6. The van der Waals surface area contributed by atoms with Crippen LogP contribution in [-0.2, 0) is 21.4 Å². The number of rotatable bonds is 8. The average molecular weight is 514 g/mol. The fourth-order valence-electron chi connectivity index (χ4n) is 5.27. The van der Waals surface area contributed by atoms with Crippen LogP contribution in [-0.4, -0.2) is 17.7 Å². The molecule has 0 spiro atoms. The minimum absolute atomic E-state index is 0.104. The van der Waals surface area contributed by atoms with E-state index in [-0.39, 0.29) is 5.97 Å².